The molecule has 1 aliphatic carbocycles. The first-order chi connectivity index (χ1) is 9.11. The Hall–Kier alpha value is -1.17. The van der Waals surface area contributed by atoms with Gasteiger partial charge in [-0.25, -0.2) is 0 Å². The van der Waals surface area contributed by atoms with Gasteiger partial charge in [0, 0.05) is 36.0 Å². The Labute approximate surface area is 113 Å². The predicted octanol–water partition coefficient (Wildman–Crippen LogP) is 0.947. The molecular formula is C14H23N3O2. The molecule has 0 bridgehead atoms. The molecule has 0 atom stereocenters. The Morgan fingerprint density at radius 2 is 2.05 bits per heavy atom. The predicted molar refractivity (Wildman–Crippen MR) is 73.6 cm³/mol. The minimum Gasteiger partial charge on any atom is -0.506 e. The van der Waals surface area contributed by atoms with Gasteiger partial charge in [0.15, 0.2) is 0 Å². The third kappa shape index (κ3) is 3.43. The van der Waals surface area contributed by atoms with Crippen LogP contribution < -0.4 is 11.1 Å². The van der Waals surface area contributed by atoms with E-state index in [-0.39, 0.29) is 12.4 Å². The molecule has 1 fully saturated rings. The van der Waals surface area contributed by atoms with Crippen LogP contribution in [0.1, 0.15) is 42.5 Å². The van der Waals surface area contributed by atoms with E-state index in [1.54, 1.807) is 13.1 Å². The number of aromatic hydroxyl groups is 1. The Balaban J connectivity index is 2.01. The van der Waals surface area contributed by atoms with Gasteiger partial charge in [0.2, 0.25) is 0 Å². The zero-order chi connectivity index (χ0) is 13.8. The molecule has 5 nitrogen and oxygen atoms in total. The SMILES string of the molecule is Cc1ncc(CO)c(CNC2CCC(N)CC2)c1O. The van der Waals surface area contributed by atoms with E-state index in [2.05, 4.69) is 10.3 Å². The molecule has 0 radical (unpaired) electrons. The van der Waals surface area contributed by atoms with Crippen molar-refractivity contribution < 1.29 is 10.2 Å². The maximum atomic E-state index is 10.0. The lowest BCUT2D eigenvalue weighted by atomic mass is 9.91. The van der Waals surface area contributed by atoms with Crippen molar-refractivity contribution >= 4 is 0 Å². The largest absolute Gasteiger partial charge is 0.506 e. The molecule has 2 rings (SSSR count). The highest BCUT2D eigenvalue weighted by Crippen LogP contribution is 2.25. The van der Waals surface area contributed by atoms with Crippen molar-refractivity contribution in [1.29, 1.82) is 0 Å². The van der Waals surface area contributed by atoms with Gasteiger partial charge in [-0.05, 0) is 32.6 Å². The van der Waals surface area contributed by atoms with Gasteiger partial charge in [-0.2, -0.15) is 0 Å². The van der Waals surface area contributed by atoms with E-state index in [1.807, 2.05) is 0 Å². The van der Waals surface area contributed by atoms with Crippen LogP contribution in [-0.2, 0) is 13.2 Å². The lowest BCUT2D eigenvalue weighted by Crippen LogP contribution is -2.37. The smallest absolute Gasteiger partial charge is 0.141 e. The standard InChI is InChI=1S/C14H23N3O2/c1-9-14(19)13(10(8-18)6-16-9)7-17-12-4-2-11(15)3-5-12/h6,11-12,17-19H,2-5,7-8,15H2,1H3. The van der Waals surface area contributed by atoms with Crippen LogP contribution in [0.4, 0.5) is 0 Å². The van der Waals surface area contributed by atoms with Crippen LogP contribution in [0.2, 0.25) is 0 Å². The van der Waals surface area contributed by atoms with Crippen LogP contribution in [0.25, 0.3) is 0 Å². The number of aryl methyl sites for hydroxylation is 1. The number of nitrogens with two attached hydrogens (primary N) is 1. The van der Waals surface area contributed by atoms with Crippen LogP contribution >= 0.6 is 0 Å². The Morgan fingerprint density at radius 1 is 1.37 bits per heavy atom. The summed E-state index contributed by atoms with van der Waals surface area (Å²) in [5, 5.41) is 22.8. The number of pyridine rings is 1. The Bertz CT molecular complexity index is 429. The maximum Gasteiger partial charge on any atom is 0.141 e. The van der Waals surface area contributed by atoms with Gasteiger partial charge in [-0.15, -0.1) is 0 Å². The van der Waals surface area contributed by atoms with E-state index < -0.39 is 0 Å². The third-order valence-corrected chi connectivity index (χ3v) is 3.94. The van der Waals surface area contributed by atoms with Crippen molar-refractivity contribution in [3.05, 3.63) is 23.0 Å². The van der Waals surface area contributed by atoms with Crippen LogP contribution in [0.5, 0.6) is 5.75 Å². The monoisotopic (exact) mass is 265 g/mol. The Morgan fingerprint density at radius 3 is 2.68 bits per heavy atom. The zero-order valence-electron chi connectivity index (χ0n) is 11.4. The fourth-order valence-corrected chi connectivity index (χ4v) is 2.59. The summed E-state index contributed by atoms with van der Waals surface area (Å²) in [6, 6.07) is 0.779. The van der Waals surface area contributed by atoms with Gasteiger partial charge in [-0.1, -0.05) is 0 Å². The summed E-state index contributed by atoms with van der Waals surface area (Å²) in [6.45, 7) is 2.22. The minimum absolute atomic E-state index is 0.104. The first kappa shape index (κ1) is 14.2. The summed E-state index contributed by atoms with van der Waals surface area (Å²) >= 11 is 0. The van der Waals surface area contributed by atoms with Crippen molar-refractivity contribution in [3.8, 4) is 5.75 Å². The fourth-order valence-electron chi connectivity index (χ4n) is 2.59. The van der Waals surface area contributed by atoms with Gasteiger partial charge in [0.1, 0.15) is 5.75 Å². The van der Waals surface area contributed by atoms with Crippen molar-refractivity contribution in [2.24, 2.45) is 5.73 Å². The van der Waals surface area contributed by atoms with Crippen LogP contribution in [0.3, 0.4) is 0 Å². The van der Waals surface area contributed by atoms with Gasteiger partial charge in [-0.3, -0.25) is 4.98 Å². The number of hydrogen-bond acceptors (Lipinski definition) is 5. The highest BCUT2D eigenvalue weighted by atomic mass is 16.3. The molecule has 0 saturated heterocycles. The van der Waals surface area contributed by atoms with Gasteiger partial charge < -0.3 is 21.3 Å². The van der Waals surface area contributed by atoms with Gasteiger partial charge in [0.25, 0.3) is 0 Å². The summed E-state index contributed by atoms with van der Waals surface area (Å²) < 4.78 is 0. The maximum absolute atomic E-state index is 10.0. The quantitative estimate of drug-likeness (QED) is 0.650. The molecule has 5 heteroatoms. The van der Waals surface area contributed by atoms with Gasteiger partial charge in [0.05, 0.1) is 12.3 Å². The average Bonchev–Trinajstić information content (AvgIpc) is 2.42. The van der Waals surface area contributed by atoms with E-state index in [0.29, 0.717) is 29.9 Å². The molecule has 19 heavy (non-hydrogen) atoms. The molecule has 106 valence electrons. The number of aliphatic hydroxyl groups is 1. The second-order valence-electron chi connectivity index (χ2n) is 5.35. The summed E-state index contributed by atoms with van der Waals surface area (Å²) in [6.07, 6.45) is 5.86. The second-order valence-corrected chi connectivity index (χ2v) is 5.35. The number of aromatic nitrogens is 1. The van der Waals surface area contributed by atoms with Crippen LogP contribution in [0, 0.1) is 6.92 Å². The normalized spacial score (nSPS) is 23.5. The van der Waals surface area contributed by atoms with E-state index in [0.717, 1.165) is 31.2 Å². The van der Waals surface area contributed by atoms with Crippen LogP contribution in [0.15, 0.2) is 6.20 Å². The van der Waals surface area contributed by atoms with E-state index in [4.69, 9.17) is 5.73 Å². The summed E-state index contributed by atoms with van der Waals surface area (Å²) in [4.78, 5) is 4.06. The first-order valence-electron chi connectivity index (χ1n) is 6.88. The van der Waals surface area contributed by atoms with Crippen molar-refractivity contribution in [3.63, 3.8) is 0 Å². The molecular weight excluding hydrogens is 242 g/mol. The molecule has 0 aliphatic heterocycles. The molecule has 1 aromatic heterocycles. The highest BCUT2D eigenvalue weighted by molar-refractivity contribution is 5.40. The molecule has 1 heterocycles. The van der Waals surface area contributed by atoms with E-state index in [1.165, 1.54) is 0 Å². The number of nitrogens with zero attached hydrogens (tertiary/aromatic N) is 1. The van der Waals surface area contributed by atoms with Crippen molar-refractivity contribution in [2.75, 3.05) is 0 Å². The van der Waals surface area contributed by atoms with Crippen LogP contribution in [-0.4, -0.2) is 27.3 Å². The fraction of sp³-hybridized carbons (Fsp3) is 0.643. The van der Waals surface area contributed by atoms with Crippen molar-refractivity contribution in [2.45, 2.75) is 57.8 Å². The number of aliphatic hydroxyl groups excluding tert-OH is 1. The summed E-state index contributed by atoms with van der Waals surface area (Å²) in [5.74, 6) is 0.187. The molecule has 0 spiro atoms. The minimum atomic E-state index is -0.104. The highest BCUT2D eigenvalue weighted by Gasteiger charge is 2.19. The average molecular weight is 265 g/mol. The molecule has 0 aromatic carbocycles. The molecule has 5 N–H and O–H groups in total. The van der Waals surface area contributed by atoms with Gasteiger partial charge >= 0.3 is 0 Å². The summed E-state index contributed by atoms with van der Waals surface area (Å²) in [5.41, 5.74) is 7.92. The number of rotatable bonds is 4. The zero-order valence-corrected chi connectivity index (χ0v) is 11.4. The Kier molecular flexibility index (Phi) is 4.74. The lowest BCUT2D eigenvalue weighted by molar-refractivity contribution is 0.277. The topological polar surface area (TPSA) is 91.4 Å². The number of nitrogens with one attached hydrogen (secondary N) is 1. The van der Waals surface area contributed by atoms with E-state index in [9.17, 15) is 10.2 Å². The molecule has 0 amide bonds. The summed E-state index contributed by atoms with van der Waals surface area (Å²) in [7, 11) is 0. The molecule has 0 unspecified atom stereocenters. The van der Waals surface area contributed by atoms with E-state index >= 15 is 0 Å². The molecule has 1 aromatic rings. The second kappa shape index (κ2) is 6.32. The molecule has 1 saturated carbocycles. The number of hydrogen-bond donors (Lipinski definition) is 4. The van der Waals surface area contributed by atoms with Crippen molar-refractivity contribution in [1.82, 2.24) is 10.3 Å². The molecule has 1 aliphatic rings. The first-order valence-corrected chi connectivity index (χ1v) is 6.88. The third-order valence-electron chi connectivity index (χ3n) is 3.94. The lowest BCUT2D eigenvalue weighted by Gasteiger charge is -2.27.